The lowest BCUT2D eigenvalue weighted by atomic mass is 10.00. The van der Waals surface area contributed by atoms with E-state index in [-0.39, 0.29) is 11.3 Å². The van der Waals surface area contributed by atoms with Crippen molar-refractivity contribution in [1.82, 2.24) is 10.2 Å². The number of para-hydroxylation sites is 2. The van der Waals surface area contributed by atoms with E-state index >= 15 is 0 Å². The summed E-state index contributed by atoms with van der Waals surface area (Å²) in [6, 6.07) is 11.1. The van der Waals surface area contributed by atoms with E-state index in [9.17, 15) is 19.5 Å². The number of anilines is 1. The number of hydrogen-bond acceptors (Lipinski definition) is 5. The van der Waals surface area contributed by atoms with Crippen molar-refractivity contribution >= 4 is 23.6 Å². The number of ether oxygens (including phenoxy) is 1. The van der Waals surface area contributed by atoms with Crippen LogP contribution < -0.4 is 10.6 Å². The Kier molecular flexibility index (Phi) is 8.68. The number of amides is 3. The Labute approximate surface area is 201 Å². The van der Waals surface area contributed by atoms with Gasteiger partial charge in [-0.3, -0.25) is 9.59 Å². The molecule has 184 valence electrons. The first kappa shape index (κ1) is 26.7. The number of aromatic hydroxyl groups is 1. The molecule has 0 aromatic heterocycles. The van der Waals surface area contributed by atoms with Crippen molar-refractivity contribution in [3.63, 3.8) is 0 Å². The van der Waals surface area contributed by atoms with Crippen LogP contribution in [0.5, 0.6) is 5.75 Å². The molecule has 8 nitrogen and oxygen atoms in total. The summed E-state index contributed by atoms with van der Waals surface area (Å²) in [5.74, 6) is -1.09. The maximum atomic E-state index is 13.6. The highest BCUT2D eigenvalue weighted by atomic mass is 16.6. The maximum absolute atomic E-state index is 13.6. The standard InChI is InChI=1S/C26H35N3O5/c1-16(2)29(24(32)18(4)27-25(33)34-26(5,6)7)22(19-13-9-11-15-21(19)30)23(31)28-20-14-10-8-12-17(20)3/h8-16,18,22,30H,1-7H3,(H,27,33)(H,28,31). The van der Waals surface area contributed by atoms with Crippen molar-refractivity contribution in [3.8, 4) is 5.75 Å². The summed E-state index contributed by atoms with van der Waals surface area (Å²) in [5, 5.41) is 16.0. The second-order valence-corrected chi connectivity index (χ2v) is 9.47. The summed E-state index contributed by atoms with van der Waals surface area (Å²) in [5.41, 5.74) is 1.01. The van der Waals surface area contributed by atoms with Crippen LogP contribution in [0.2, 0.25) is 0 Å². The zero-order valence-corrected chi connectivity index (χ0v) is 20.9. The SMILES string of the molecule is Cc1ccccc1NC(=O)C(c1ccccc1O)N(C(=O)C(C)NC(=O)OC(C)(C)C)C(C)C. The van der Waals surface area contributed by atoms with E-state index in [2.05, 4.69) is 10.6 Å². The van der Waals surface area contributed by atoms with Gasteiger partial charge >= 0.3 is 6.09 Å². The molecule has 0 aliphatic rings. The fourth-order valence-electron chi connectivity index (χ4n) is 3.50. The molecule has 34 heavy (non-hydrogen) atoms. The van der Waals surface area contributed by atoms with Crippen molar-refractivity contribution in [2.75, 3.05) is 5.32 Å². The van der Waals surface area contributed by atoms with Gasteiger partial charge in [-0.15, -0.1) is 0 Å². The van der Waals surface area contributed by atoms with Gasteiger partial charge in [0.25, 0.3) is 5.91 Å². The number of hydrogen-bond donors (Lipinski definition) is 3. The number of aryl methyl sites for hydroxylation is 1. The molecule has 0 heterocycles. The minimum absolute atomic E-state index is 0.112. The van der Waals surface area contributed by atoms with Gasteiger partial charge in [-0.05, 0) is 66.2 Å². The number of carbonyl (C=O) groups excluding carboxylic acids is 3. The van der Waals surface area contributed by atoms with Gasteiger partial charge in [-0.2, -0.15) is 0 Å². The molecule has 2 aromatic carbocycles. The topological polar surface area (TPSA) is 108 Å². The Morgan fingerprint density at radius 1 is 0.971 bits per heavy atom. The van der Waals surface area contributed by atoms with Crippen LogP contribution in [0.25, 0.3) is 0 Å². The molecule has 0 radical (unpaired) electrons. The molecule has 8 heteroatoms. The van der Waals surface area contributed by atoms with Gasteiger partial charge in [0.15, 0.2) is 0 Å². The Morgan fingerprint density at radius 3 is 2.12 bits per heavy atom. The van der Waals surface area contributed by atoms with E-state index in [1.165, 1.54) is 17.9 Å². The fourth-order valence-corrected chi connectivity index (χ4v) is 3.50. The Hall–Kier alpha value is -3.55. The number of phenolic OH excluding ortho intramolecular Hbond substituents is 1. The predicted molar refractivity (Wildman–Crippen MR) is 131 cm³/mol. The van der Waals surface area contributed by atoms with Crippen LogP contribution in [-0.4, -0.2) is 45.6 Å². The molecular formula is C26H35N3O5. The van der Waals surface area contributed by atoms with Crippen molar-refractivity contribution in [2.24, 2.45) is 0 Å². The molecule has 0 aliphatic heterocycles. The number of rotatable bonds is 7. The summed E-state index contributed by atoms with van der Waals surface area (Å²) in [7, 11) is 0. The van der Waals surface area contributed by atoms with E-state index in [1.54, 1.807) is 65.0 Å². The van der Waals surface area contributed by atoms with Crippen molar-refractivity contribution < 1.29 is 24.2 Å². The molecule has 0 bridgehead atoms. The van der Waals surface area contributed by atoms with Gasteiger partial charge in [0.2, 0.25) is 5.91 Å². The van der Waals surface area contributed by atoms with Gasteiger partial charge in [0, 0.05) is 17.3 Å². The molecule has 3 N–H and O–H groups in total. The molecule has 2 unspecified atom stereocenters. The number of nitrogens with one attached hydrogen (secondary N) is 2. The lowest BCUT2D eigenvalue weighted by Gasteiger charge is -2.36. The van der Waals surface area contributed by atoms with E-state index in [4.69, 9.17) is 4.74 Å². The first-order valence-electron chi connectivity index (χ1n) is 11.3. The predicted octanol–water partition coefficient (Wildman–Crippen LogP) is 4.53. The molecular weight excluding hydrogens is 434 g/mol. The van der Waals surface area contributed by atoms with Crippen molar-refractivity contribution in [1.29, 1.82) is 0 Å². The fraction of sp³-hybridized carbons (Fsp3) is 0.423. The zero-order valence-electron chi connectivity index (χ0n) is 20.9. The molecule has 0 aliphatic carbocycles. The molecule has 3 amide bonds. The number of carbonyl (C=O) groups is 3. The third kappa shape index (κ3) is 6.97. The first-order valence-corrected chi connectivity index (χ1v) is 11.3. The molecule has 2 atom stereocenters. The minimum Gasteiger partial charge on any atom is -0.508 e. The molecule has 0 spiro atoms. The Bertz CT molecular complexity index is 1030. The summed E-state index contributed by atoms with van der Waals surface area (Å²) in [6.45, 7) is 12.1. The quantitative estimate of drug-likeness (QED) is 0.552. The third-order valence-corrected chi connectivity index (χ3v) is 5.08. The highest BCUT2D eigenvalue weighted by Gasteiger charge is 2.37. The van der Waals surface area contributed by atoms with E-state index in [0.29, 0.717) is 5.69 Å². The Morgan fingerprint density at radius 2 is 1.56 bits per heavy atom. The second-order valence-electron chi connectivity index (χ2n) is 9.47. The van der Waals surface area contributed by atoms with E-state index < -0.39 is 41.6 Å². The minimum atomic E-state index is -1.14. The van der Waals surface area contributed by atoms with E-state index in [1.807, 2.05) is 19.1 Å². The van der Waals surface area contributed by atoms with Gasteiger partial charge in [0.05, 0.1) is 0 Å². The average molecular weight is 470 g/mol. The monoisotopic (exact) mass is 469 g/mol. The van der Waals surface area contributed by atoms with Crippen molar-refractivity contribution in [3.05, 3.63) is 59.7 Å². The number of alkyl carbamates (subject to hydrolysis) is 1. The summed E-state index contributed by atoms with van der Waals surface area (Å²) in [6.07, 6.45) is -0.736. The molecule has 0 fully saturated rings. The first-order chi connectivity index (χ1) is 15.8. The van der Waals surface area contributed by atoms with Gasteiger partial charge in [0.1, 0.15) is 23.4 Å². The lowest BCUT2D eigenvalue weighted by Crippen LogP contribution is -2.53. The van der Waals surface area contributed by atoms with E-state index in [0.717, 1.165) is 5.56 Å². The van der Waals surface area contributed by atoms with Crippen molar-refractivity contribution in [2.45, 2.75) is 72.2 Å². The number of phenols is 1. The van der Waals surface area contributed by atoms with Crippen LogP contribution in [0.3, 0.4) is 0 Å². The molecule has 0 saturated heterocycles. The average Bonchev–Trinajstić information content (AvgIpc) is 2.72. The third-order valence-electron chi connectivity index (χ3n) is 5.08. The smallest absolute Gasteiger partial charge is 0.408 e. The second kappa shape index (κ2) is 11.0. The van der Waals surface area contributed by atoms with Gasteiger partial charge < -0.3 is 25.4 Å². The van der Waals surface area contributed by atoms with Crippen LogP contribution in [-0.2, 0) is 14.3 Å². The molecule has 2 rings (SSSR count). The largest absolute Gasteiger partial charge is 0.508 e. The highest BCUT2D eigenvalue weighted by Crippen LogP contribution is 2.32. The van der Waals surface area contributed by atoms with Crippen LogP contribution in [0.1, 0.15) is 58.7 Å². The summed E-state index contributed by atoms with van der Waals surface area (Å²) in [4.78, 5) is 40.7. The van der Waals surface area contributed by atoms with Crippen LogP contribution in [0.15, 0.2) is 48.5 Å². The number of nitrogens with zero attached hydrogens (tertiary/aromatic N) is 1. The summed E-state index contributed by atoms with van der Waals surface area (Å²) >= 11 is 0. The van der Waals surface area contributed by atoms with Crippen LogP contribution >= 0.6 is 0 Å². The zero-order chi connectivity index (χ0) is 25.6. The summed E-state index contributed by atoms with van der Waals surface area (Å²) < 4.78 is 5.26. The molecule has 0 saturated carbocycles. The maximum Gasteiger partial charge on any atom is 0.408 e. The lowest BCUT2D eigenvalue weighted by molar-refractivity contribution is -0.142. The highest BCUT2D eigenvalue weighted by molar-refractivity contribution is 5.99. The normalized spacial score (nSPS) is 13.1. The van der Waals surface area contributed by atoms with Gasteiger partial charge in [-0.1, -0.05) is 36.4 Å². The Balaban J connectivity index is 2.43. The molecule has 2 aromatic rings. The van der Waals surface area contributed by atoms with Crippen LogP contribution in [0.4, 0.5) is 10.5 Å². The van der Waals surface area contributed by atoms with Gasteiger partial charge in [-0.25, -0.2) is 4.79 Å². The van der Waals surface area contributed by atoms with Crippen LogP contribution in [0, 0.1) is 6.92 Å². The number of benzene rings is 2.